The van der Waals surface area contributed by atoms with Crippen LogP contribution in [0.5, 0.6) is 0 Å². The Labute approximate surface area is 546 Å². The summed E-state index contributed by atoms with van der Waals surface area (Å²) in [6.07, 6.45) is 100. The van der Waals surface area contributed by atoms with Crippen LogP contribution in [0.2, 0.25) is 0 Å². The molecule has 2 unspecified atom stereocenters. The van der Waals surface area contributed by atoms with Gasteiger partial charge >= 0.3 is 17.9 Å². The van der Waals surface area contributed by atoms with E-state index in [1.165, 1.54) is 89.9 Å². The highest BCUT2D eigenvalue weighted by molar-refractivity contribution is 5.71. The first-order valence-corrected chi connectivity index (χ1v) is 35.3. The highest BCUT2D eigenvalue weighted by Gasteiger charge is 2.25. The van der Waals surface area contributed by atoms with Gasteiger partial charge in [0.1, 0.15) is 13.2 Å². The van der Waals surface area contributed by atoms with Crippen LogP contribution in [-0.4, -0.2) is 87.4 Å². The maximum Gasteiger partial charge on any atom is 0.361 e. The van der Waals surface area contributed by atoms with Crippen molar-refractivity contribution in [3.05, 3.63) is 170 Å². The first-order chi connectivity index (χ1) is 43.6. The number of unbranched alkanes of at least 4 members (excludes halogenated alkanes) is 20. The summed E-state index contributed by atoms with van der Waals surface area (Å²) in [6, 6.07) is 0. The Morgan fingerprint density at radius 1 is 0.337 bits per heavy atom. The number of hydrogen-bond donors (Lipinski definition) is 1. The lowest BCUT2D eigenvalue weighted by Crippen LogP contribution is -2.40. The number of aliphatic carboxylic acids is 1. The fourth-order valence-electron chi connectivity index (χ4n) is 9.15. The van der Waals surface area contributed by atoms with Crippen LogP contribution in [0.15, 0.2) is 170 Å². The minimum atomic E-state index is -1.53. The number of rotatable bonds is 63. The minimum absolute atomic E-state index is 0.174. The maximum absolute atomic E-state index is 12.9. The molecule has 0 radical (unpaired) electrons. The van der Waals surface area contributed by atoms with Crippen LogP contribution >= 0.6 is 0 Å². The number of esters is 2. The molecule has 89 heavy (non-hydrogen) atoms. The second kappa shape index (κ2) is 68.6. The van der Waals surface area contributed by atoms with Gasteiger partial charge in [0.2, 0.25) is 0 Å². The van der Waals surface area contributed by atoms with Gasteiger partial charge in [0.15, 0.2) is 6.10 Å². The van der Waals surface area contributed by atoms with Gasteiger partial charge in [0.25, 0.3) is 6.29 Å². The van der Waals surface area contributed by atoms with Crippen molar-refractivity contribution in [2.75, 3.05) is 47.5 Å². The smallest absolute Gasteiger partial charge is 0.361 e. The molecule has 9 nitrogen and oxygen atoms in total. The van der Waals surface area contributed by atoms with Gasteiger partial charge in [0, 0.05) is 12.8 Å². The molecule has 0 spiro atoms. The van der Waals surface area contributed by atoms with Crippen LogP contribution in [-0.2, 0) is 33.3 Å². The molecular formula is C80H130NO8+. The Morgan fingerprint density at radius 3 is 0.899 bits per heavy atom. The van der Waals surface area contributed by atoms with Gasteiger partial charge in [-0.3, -0.25) is 9.59 Å². The van der Waals surface area contributed by atoms with Crippen LogP contribution < -0.4 is 0 Å². The van der Waals surface area contributed by atoms with Crippen molar-refractivity contribution in [3.63, 3.8) is 0 Å². The van der Waals surface area contributed by atoms with Crippen LogP contribution in [0.25, 0.3) is 0 Å². The number of carboxylic acids is 1. The van der Waals surface area contributed by atoms with E-state index in [0.717, 1.165) is 135 Å². The van der Waals surface area contributed by atoms with E-state index >= 15 is 0 Å². The molecule has 0 aromatic rings. The molecule has 0 aliphatic carbocycles. The quantitative estimate of drug-likeness (QED) is 0.0211. The Kier molecular flexibility index (Phi) is 64.4. The molecule has 0 amide bonds. The number of likely N-dealkylation sites (N-methyl/N-ethyl adjacent to an activating group) is 1. The lowest BCUT2D eigenvalue weighted by atomic mass is 10.0. The molecule has 0 rings (SSSR count). The number of carboxylic acid groups (broad SMARTS) is 1. The Morgan fingerprint density at radius 2 is 0.607 bits per heavy atom. The summed E-state index contributed by atoms with van der Waals surface area (Å²) in [5.74, 6) is -2.05. The van der Waals surface area contributed by atoms with E-state index < -0.39 is 24.3 Å². The lowest BCUT2D eigenvalue weighted by molar-refractivity contribution is -0.870. The van der Waals surface area contributed by atoms with Crippen molar-refractivity contribution in [3.8, 4) is 0 Å². The van der Waals surface area contributed by atoms with Crippen molar-refractivity contribution in [1.29, 1.82) is 0 Å². The summed E-state index contributed by atoms with van der Waals surface area (Å²) in [5, 5.41) is 9.75. The molecule has 0 aliphatic rings. The normalized spacial score (nSPS) is 13.8. The average Bonchev–Trinajstić information content (AvgIpc) is 3.71. The second-order valence-electron chi connectivity index (χ2n) is 24.1. The number of nitrogens with zero attached hydrogens (tertiary/aromatic N) is 1. The van der Waals surface area contributed by atoms with Gasteiger partial charge in [0.05, 0.1) is 34.4 Å². The number of quaternary nitrogens is 1. The van der Waals surface area contributed by atoms with Gasteiger partial charge < -0.3 is 28.5 Å². The molecule has 0 heterocycles. The minimum Gasteiger partial charge on any atom is -0.477 e. The lowest BCUT2D eigenvalue weighted by Gasteiger charge is -2.25. The van der Waals surface area contributed by atoms with Crippen molar-refractivity contribution >= 4 is 17.9 Å². The van der Waals surface area contributed by atoms with Gasteiger partial charge in [-0.25, -0.2) is 4.79 Å². The average molecular weight is 1230 g/mol. The summed E-state index contributed by atoms with van der Waals surface area (Å²) in [6.45, 7) is 4.61. The van der Waals surface area contributed by atoms with E-state index in [1.54, 1.807) is 0 Å². The third kappa shape index (κ3) is 70.0. The molecule has 0 aliphatic heterocycles. The summed E-state index contributed by atoms with van der Waals surface area (Å²) in [5.41, 5.74) is 0. The summed E-state index contributed by atoms with van der Waals surface area (Å²) >= 11 is 0. The highest BCUT2D eigenvalue weighted by Crippen LogP contribution is 2.16. The Bertz CT molecular complexity index is 2070. The van der Waals surface area contributed by atoms with Crippen molar-refractivity contribution in [2.45, 2.75) is 270 Å². The summed E-state index contributed by atoms with van der Waals surface area (Å²) < 4.78 is 22.9. The third-order valence-corrected chi connectivity index (χ3v) is 14.5. The first kappa shape index (κ1) is 83.7. The van der Waals surface area contributed by atoms with E-state index in [9.17, 15) is 19.5 Å². The van der Waals surface area contributed by atoms with Gasteiger partial charge in [-0.15, -0.1) is 0 Å². The van der Waals surface area contributed by atoms with Crippen molar-refractivity contribution in [2.24, 2.45) is 0 Å². The van der Waals surface area contributed by atoms with Gasteiger partial charge in [-0.2, -0.15) is 0 Å². The molecule has 0 aromatic heterocycles. The van der Waals surface area contributed by atoms with Crippen molar-refractivity contribution in [1.82, 2.24) is 0 Å². The molecule has 0 saturated heterocycles. The largest absolute Gasteiger partial charge is 0.477 e. The van der Waals surface area contributed by atoms with E-state index in [0.29, 0.717) is 17.4 Å². The first-order valence-electron chi connectivity index (χ1n) is 35.3. The fourth-order valence-corrected chi connectivity index (χ4v) is 9.15. The molecule has 9 heteroatoms. The van der Waals surface area contributed by atoms with Crippen LogP contribution in [0.1, 0.15) is 258 Å². The molecule has 0 bridgehead atoms. The fraction of sp³-hybridized carbons (Fsp3) is 0.613. The summed E-state index contributed by atoms with van der Waals surface area (Å²) in [4.78, 5) is 37.6. The molecule has 0 saturated carbocycles. The van der Waals surface area contributed by atoms with E-state index in [1.807, 2.05) is 21.1 Å². The topological polar surface area (TPSA) is 108 Å². The van der Waals surface area contributed by atoms with Crippen LogP contribution in [0, 0.1) is 0 Å². The van der Waals surface area contributed by atoms with Gasteiger partial charge in [-0.1, -0.05) is 287 Å². The monoisotopic (exact) mass is 1230 g/mol. The highest BCUT2D eigenvalue weighted by atomic mass is 16.7. The second-order valence-corrected chi connectivity index (χ2v) is 24.1. The number of hydrogen-bond acceptors (Lipinski definition) is 7. The van der Waals surface area contributed by atoms with Crippen LogP contribution in [0.4, 0.5) is 0 Å². The molecular weight excluding hydrogens is 1100 g/mol. The maximum atomic E-state index is 12.9. The van der Waals surface area contributed by atoms with Gasteiger partial charge in [-0.05, 0) is 128 Å². The standard InChI is InChI=1S/C80H129NO8/c1-6-8-10-12-14-16-18-20-22-24-26-28-30-32-34-36-37-38-39-40-41-43-44-46-48-50-52-54-56-58-60-62-64-66-68-70-77(82)87-74-76(75-88-80(79(84)85)86-73-72-81(3,4)5)89-78(83)71-69-67-65-63-61-59-57-55-53-51-49-47-45-42-35-33-31-29-27-25-23-21-19-17-15-13-11-9-7-2/h8-11,14-17,20-23,26-29,32-35,37-38,45,47,51,53,57,59,76,80H,6-7,12-13,18-19,24-25,30-31,36,39-44,46,48-50,52,54-56,58,60-75H2,1-5H3/p+1/b10-8-,11-9-,16-14-,17-15-,22-20-,23-21-,28-26-,29-27-,34-32-,35-33-,38-37-,47-45-,53-51-,59-57-. The number of carbonyl (C=O) groups is 3. The van der Waals surface area contributed by atoms with Crippen LogP contribution in [0.3, 0.4) is 0 Å². The molecule has 502 valence electrons. The molecule has 0 fully saturated rings. The number of carbonyl (C=O) groups excluding carboxylic acids is 2. The third-order valence-electron chi connectivity index (χ3n) is 14.5. The zero-order valence-electron chi connectivity index (χ0n) is 57.3. The van der Waals surface area contributed by atoms with E-state index in [2.05, 4.69) is 184 Å². The zero-order chi connectivity index (χ0) is 64.7. The molecule has 2 atom stereocenters. The Balaban J connectivity index is 4.19. The van der Waals surface area contributed by atoms with E-state index in [4.69, 9.17) is 18.9 Å². The van der Waals surface area contributed by atoms with E-state index in [-0.39, 0.29) is 38.6 Å². The van der Waals surface area contributed by atoms with Crippen molar-refractivity contribution < 1.29 is 42.9 Å². The SMILES string of the molecule is CC/C=C\C/C=C\C/C=C\C/C=C\C/C=C\C/C=C\C/C=C\C/C=C\CCCCCCC(=O)OC(COC(=O)CCCCCCCCCCCCCCCCCC/C=C\C/C=C\C/C=C\C/C=C\C/C=C\C/C=C\CC)COC(OCC[N+](C)(C)C)C(=O)O. The Hall–Kier alpha value is -5.35. The summed E-state index contributed by atoms with van der Waals surface area (Å²) in [7, 11) is 5.96. The zero-order valence-corrected chi connectivity index (χ0v) is 57.3. The molecule has 0 aromatic carbocycles. The predicted molar refractivity (Wildman–Crippen MR) is 382 cm³/mol. The number of ether oxygens (including phenoxy) is 4. The molecule has 1 N–H and O–H groups in total. The number of allylic oxidation sites excluding steroid dienone is 28. The predicted octanol–water partition coefficient (Wildman–Crippen LogP) is 22.2.